The lowest BCUT2D eigenvalue weighted by Crippen LogP contribution is -2.57. The zero-order valence-corrected chi connectivity index (χ0v) is 14.8. The second-order valence-electron chi connectivity index (χ2n) is 6.71. The van der Waals surface area contributed by atoms with Gasteiger partial charge in [-0.25, -0.2) is 4.79 Å². The quantitative estimate of drug-likeness (QED) is 0.925. The Labute approximate surface area is 153 Å². The number of piperazine rings is 1. The number of hydrogen-bond donors (Lipinski definition) is 1. The number of carbonyl (C=O) groups is 2. The van der Waals surface area contributed by atoms with Crippen molar-refractivity contribution >= 4 is 12.0 Å². The van der Waals surface area contributed by atoms with Gasteiger partial charge in [0.1, 0.15) is 12.6 Å². The van der Waals surface area contributed by atoms with Gasteiger partial charge in [0.05, 0.1) is 0 Å². The summed E-state index contributed by atoms with van der Waals surface area (Å²) in [5.74, 6) is -0.0719. The summed E-state index contributed by atoms with van der Waals surface area (Å²) < 4.78 is 5.67. The predicted molar refractivity (Wildman–Crippen MR) is 98.9 cm³/mol. The number of amides is 2. The van der Waals surface area contributed by atoms with Gasteiger partial charge in [-0.3, -0.25) is 9.69 Å². The fraction of sp³-hybridized carbons (Fsp3) is 0.333. The first kappa shape index (κ1) is 16.6. The van der Waals surface area contributed by atoms with Crippen LogP contribution in [0.4, 0.5) is 4.79 Å². The van der Waals surface area contributed by atoms with E-state index in [1.165, 1.54) is 22.3 Å². The van der Waals surface area contributed by atoms with Crippen molar-refractivity contribution in [2.75, 3.05) is 19.7 Å². The maximum atomic E-state index is 12.6. The molecule has 0 radical (unpaired) electrons. The lowest BCUT2D eigenvalue weighted by atomic mass is 9.98. The van der Waals surface area contributed by atoms with Crippen molar-refractivity contribution < 1.29 is 14.3 Å². The molecule has 1 N–H and O–H groups in total. The Balaban J connectivity index is 1.53. The third-order valence-electron chi connectivity index (χ3n) is 5.29. The van der Waals surface area contributed by atoms with Gasteiger partial charge in [0, 0.05) is 19.0 Å². The Bertz CT molecular complexity index is 803. The summed E-state index contributed by atoms with van der Waals surface area (Å²) in [6.45, 7) is 3.14. The molecule has 0 spiro atoms. The van der Waals surface area contributed by atoms with E-state index in [0.29, 0.717) is 19.5 Å². The van der Waals surface area contributed by atoms with Crippen molar-refractivity contribution in [2.24, 2.45) is 0 Å². The molecular formula is C21H22N2O3. The summed E-state index contributed by atoms with van der Waals surface area (Å²) in [5, 5.41) is 2.80. The van der Waals surface area contributed by atoms with Crippen molar-refractivity contribution in [2.45, 2.75) is 25.3 Å². The molecular weight excluding hydrogens is 328 g/mol. The van der Waals surface area contributed by atoms with Gasteiger partial charge in [-0.15, -0.1) is 0 Å². The molecule has 1 fully saturated rings. The topological polar surface area (TPSA) is 58.6 Å². The van der Waals surface area contributed by atoms with E-state index in [-0.39, 0.29) is 18.4 Å². The second kappa shape index (κ2) is 6.83. The van der Waals surface area contributed by atoms with E-state index < -0.39 is 12.1 Å². The second-order valence-corrected chi connectivity index (χ2v) is 6.71. The van der Waals surface area contributed by atoms with Crippen LogP contribution in [0.15, 0.2) is 48.5 Å². The molecule has 1 atom stereocenters. The van der Waals surface area contributed by atoms with Crippen molar-refractivity contribution in [3.8, 4) is 11.1 Å². The molecule has 5 heteroatoms. The summed E-state index contributed by atoms with van der Waals surface area (Å²) in [6.07, 6.45) is 0.171. The summed E-state index contributed by atoms with van der Waals surface area (Å²) in [4.78, 5) is 26.1. The first-order valence-electron chi connectivity index (χ1n) is 9.10. The molecule has 1 heterocycles. The maximum absolute atomic E-state index is 12.6. The van der Waals surface area contributed by atoms with Crippen LogP contribution in [0.2, 0.25) is 0 Å². The van der Waals surface area contributed by atoms with Crippen molar-refractivity contribution in [1.29, 1.82) is 0 Å². The maximum Gasteiger partial charge on any atom is 0.410 e. The normalized spacial score (nSPS) is 18.9. The number of hydrogen-bond acceptors (Lipinski definition) is 3. The van der Waals surface area contributed by atoms with Crippen molar-refractivity contribution in [3.63, 3.8) is 0 Å². The van der Waals surface area contributed by atoms with E-state index in [4.69, 9.17) is 4.74 Å². The largest absolute Gasteiger partial charge is 0.448 e. The molecule has 26 heavy (non-hydrogen) atoms. The average molecular weight is 350 g/mol. The van der Waals surface area contributed by atoms with Crippen LogP contribution in [0, 0.1) is 0 Å². The van der Waals surface area contributed by atoms with Gasteiger partial charge in [-0.05, 0) is 28.7 Å². The lowest BCUT2D eigenvalue weighted by molar-refractivity contribution is -0.128. The Kier molecular flexibility index (Phi) is 4.37. The van der Waals surface area contributed by atoms with Crippen LogP contribution in [-0.2, 0) is 9.53 Å². The van der Waals surface area contributed by atoms with Crippen LogP contribution in [-0.4, -0.2) is 42.6 Å². The van der Waals surface area contributed by atoms with Gasteiger partial charge >= 0.3 is 6.09 Å². The van der Waals surface area contributed by atoms with E-state index >= 15 is 0 Å². The monoisotopic (exact) mass is 350 g/mol. The molecule has 0 aromatic heterocycles. The first-order chi connectivity index (χ1) is 12.7. The molecule has 5 nitrogen and oxygen atoms in total. The van der Waals surface area contributed by atoms with E-state index in [0.717, 1.165) is 0 Å². The van der Waals surface area contributed by atoms with E-state index in [1.807, 2.05) is 31.2 Å². The lowest BCUT2D eigenvalue weighted by Gasteiger charge is -2.33. The molecule has 134 valence electrons. The molecule has 2 aromatic rings. The van der Waals surface area contributed by atoms with Crippen LogP contribution >= 0.6 is 0 Å². The molecule has 1 aliphatic heterocycles. The molecule has 1 saturated heterocycles. The predicted octanol–water partition coefficient (Wildman–Crippen LogP) is 3.15. The van der Waals surface area contributed by atoms with Gasteiger partial charge < -0.3 is 10.1 Å². The number of ether oxygens (including phenoxy) is 1. The SMILES string of the molecule is CCC1C(=O)NCCN1C(=O)OCC1c2ccccc2-c2ccccc21. The molecule has 0 saturated carbocycles. The van der Waals surface area contributed by atoms with Gasteiger partial charge in [-0.1, -0.05) is 55.5 Å². The van der Waals surface area contributed by atoms with Gasteiger partial charge in [0.2, 0.25) is 5.91 Å². The number of fused-ring (bicyclic) bond motifs is 3. The summed E-state index contributed by atoms with van der Waals surface area (Å²) in [7, 11) is 0. The smallest absolute Gasteiger partial charge is 0.410 e. The van der Waals surface area contributed by atoms with Gasteiger partial charge in [-0.2, -0.15) is 0 Å². The van der Waals surface area contributed by atoms with E-state index in [1.54, 1.807) is 4.90 Å². The number of nitrogens with zero attached hydrogens (tertiary/aromatic N) is 1. The highest BCUT2D eigenvalue weighted by atomic mass is 16.6. The van der Waals surface area contributed by atoms with Gasteiger partial charge in [0.15, 0.2) is 0 Å². The minimum Gasteiger partial charge on any atom is -0.448 e. The van der Waals surface area contributed by atoms with Gasteiger partial charge in [0.25, 0.3) is 0 Å². The Morgan fingerprint density at radius 1 is 1.12 bits per heavy atom. The van der Waals surface area contributed by atoms with Crippen LogP contribution in [0.1, 0.15) is 30.4 Å². The molecule has 2 aliphatic rings. The fourth-order valence-electron chi connectivity index (χ4n) is 4.02. The third kappa shape index (κ3) is 2.73. The minimum absolute atomic E-state index is 0.0324. The molecule has 2 aromatic carbocycles. The highest BCUT2D eigenvalue weighted by Crippen LogP contribution is 2.44. The highest BCUT2D eigenvalue weighted by Gasteiger charge is 2.34. The zero-order chi connectivity index (χ0) is 18.1. The van der Waals surface area contributed by atoms with Crippen molar-refractivity contribution in [3.05, 3.63) is 59.7 Å². The first-order valence-corrected chi connectivity index (χ1v) is 9.10. The Morgan fingerprint density at radius 3 is 2.35 bits per heavy atom. The fourth-order valence-corrected chi connectivity index (χ4v) is 4.02. The third-order valence-corrected chi connectivity index (χ3v) is 5.29. The van der Waals surface area contributed by atoms with E-state index in [9.17, 15) is 9.59 Å². The van der Waals surface area contributed by atoms with Crippen LogP contribution in [0.25, 0.3) is 11.1 Å². The number of rotatable bonds is 3. The number of benzene rings is 2. The number of nitrogens with one attached hydrogen (secondary N) is 1. The standard InChI is InChI=1S/C21H22N2O3/c1-2-19-20(24)22-11-12-23(19)21(25)26-13-18-16-9-5-3-7-14(16)15-8-4-6-10-17(15)18/h3-10,18-19H,2,11-13H2,1H3,(H,22,24). The number of carbonyl (C=O) groups excluding carboxylic acids is 2. The zero-order valence-electron chi connectivity index (χ0n) is 14.8. The van der Waals surface area contributed by atoms with Crippen LogP contribution in [0.5, 0.6) is 0 Å². The molecule has 1 aliphatic carbocycles. The summed E-state index contributed by atoms with van der Waals surface area (Å²) in [6, 6.07) is 16.1. The summed E-state index contributed by atoms with van der Waals surface area (Å²) in [5.41, 5.74) is 4.77. The Morgan fingerprint density at radius 2 is 1.73 bits per heavy atom. The average Bonchev–Trinajstić information content (AvgIpc) is 3.00. The molecule has 0 bridgehead atoms. The van der Waals surface area contributed by atoms with E-state index in [2.05, 4.69) is 29.6 Å². The molecule has 4 rings (SSSR count). The Hall–Kier alpha value is -2.82. The van der Waals surface area contributed by atoms with Crippen LogP contribution < -0.4 is 5.32 Å². The molecule has 1 unspecified atom stereocenters. The van der Waals surface area contributed by atoms with Crippen LogP contribution in [0.3, 0.4) is 0 Å². The molecule has 2 amide bonds. The summed E-state index contributed by atoms with van der Waals surface area (Å²) >= 11 is 0. The highest BCUT2D eigenvalue weighted by molar-refractivity contribution is 5.86. The van der Waals surface area contributed by atoms with Crippen molar-refractivity contribution in [1.82, 2.24) is 10.2 Å². The minimum atomic E-state index is -0.445.